The smallest absolute Gasteiger partial charge is 0.387 e. The fraction of sp³-hybridized carbons (Fsp3) is 0.375. The number of benzene rings is 1. The Kier molecular flexibility index (Phi) is 5.38. The molecule has 1 amide bonds. The minimum atomic E-state index is -2.94. The number of alkyl halides is 2. The minimum absolute atomic E-state index is 0.0324. The van der Waals surface area contributed by atoms with Crippen LogP contribution in [0.2, 0.25) is 0 Å². The highest BCUT2D eigenvalue weighted by Crippen LogP contribution is 2.26. The number of hydrogen-bond acceptors (Lipinski definition) is 5. The van der Waals surface area contributed by atoms with Crippen LogP contribution in [0.1, 0.15) is 26.5 Å². The number of carbonyl (C=O) groups excluding carboxylic acids is 1. The first-order valence-corrected chi connectivity index (χ1v) is 7.30. The third kappa shape index (κ3) is 4.94. The van der Waals surface area contributed by atoms with E-state index in [-0.39, 0.29) is 23.6 Å². The van der Waals surface area contributed by atoms with Crippen molar-refractivity contribution >= 4 is 17.5 Å². The monoisotopic (exact) mass is 339 g/mol. The molecule has 2 N–H and O–H groups in total. The predicted molar refractivity (Wildman–Crippen MR) is 85.4 cm³/mol. The quantitative estimate of drug-likeness (QED) is 0.840. The number of amides is 1. The fourth-order valence-electron chi connectivity index (χ4n) is 1.86. The van der Waals surface area contributed by atoms with Crippen molar-refractivity contribution in [3.8, 4) is 5.75 Å². The Bertz CT molecular complexity index is 696. The Morgan fingerprint density at radius 3 is 2.67 bits per heavy atom. The first-order valence-electron chi connectivity index (χ1n) is 7.30. The van der Waals surface area contributed by atoms with Crippen molar-refractivity contribution in [3.05, 3.63) is 36.0 Å². The van der Waals surface area contributed by atoms with Crippen LogP contribution < -0.4 is 15.4 Å². The van der Waals surface area contributed by atoms with Gasteiger partial charge in [-0.15, -0.1) is 0 Å². The van der Waals surface area contributed by atoms with Crippen LogP contribution in [0.25, 0.3) is 0 Å². The largest absolute Gasteiger partial charge is 0.433 e. The average molecular weight is 339 g/mol. The lowest BCUT2D eigenvalue weighted by Crippen LogP contribution is -2.22. The van der Waals surface area contributed by atoms with Crippen LogP contribution in [-0.2, 0) is 10.2 Å². The van der Waals surface area contributed by atoms with Crippen molar-refractivity contribution in [1.29, 1.82) is 0 Å². The third-order valence-corrected chi connectivity index (χ3v) is 3.08. The molecule has 0 saturated heterocycles. The van der Waals surface area contributed by atoms with E-state index in [9.17, 15) is 13.6 Å². The van der Waals surface area contributed by atoms with Crippen LogP contribution in [0.3, 0.4) is 0 Å². The van der Waals surface area contributed by atoms with Gasteiger partial charge in [0.15, 0.2) is 0 Å². The number of anilines is 2. The second kappa shape index (κ2) is 7.29. The lowest BCUT2D eigenvalue weighted by Gasteiger charge is -2.12. The molecule has 1 aromatic heterocycles. The van der Waals surface area contributed by atoms with E-state index in [1.54, 1.807) is 18.2 Å². The Hall–Kier alpha value is -2.64. The van der Waals surface area contributed by atoms with Gasteiger partial charge >= 0.3 is 6.61 Å². The Morgan fingerprint density at radius 1 is 1.33 bits per heavy atom. The van der Waals surface area contributed by atoms with E-state index >= 15 is 0 Å². The summed E-state index contributed by atoms with van der Waals surface area (Å²) in [6.45, 7) is 2.83. The van der Waals surface area contributed by atoms with E-state index in [0.717, 1.165) is 0 Å². The molecule has 0 spiro atoms. The number of aromatic nitrogens is 1. The zero-order chi connectivity index (χ0) is 17.7. The Balaban J connectivity index is 1.93. The normalized spacial score (nSPS) is 11.4. The molecule has 0 aliphatic rings. The van der Waals surface area contributed by atoms with E-state index < -0.39 is 12.5 Å². The SMILES string of the molecule is CC(C)(C)c1cc(NC(=O)CNc2ccccc2OC(F)F)on1. The van der Waals surface area contributed by atoms with E-state index in [1.807, 2.05) is 20.8 Å². The Morgan fingerprint density at radius 2 is 2.04 bits per heavy atom. The molecule has 0 saturated carbocycles. The van der Waals surface area contributed by atoms with Crippen LogP contribution in [-0.4, -0.2) is 24.2 Å². The molecule has 0 radical (unpaired) electrons. The van der Waals surface area contributed by atoms with Gasteiger partial charge in [0.1, 0.15) is 5.75 Å². The lowest BCUT2D eigenvalue weighted by atomic mass is 9.92. The van der Waals surface area contributed by atoms with Gasteiger partial charge in [-0.25, -0.2) is 0 Å². The average Bonchev–Trinajstić information content (AvgIpc) is 2.94. The van der Waals surface area contributed by atoms with Gasteiger partial charge < -0.3 is 14.6 Å². The predicted octanol–water partition coefficient (Wildman–Crippen LogP) is 3.62. The van der Waals surface area contributed by atoms with Crippen LogP contribution >= 0.6 is 0 Å². The summed E-state index contributed by atoms with van der Waals surface area (Å²) in [4.78, 5) is 11.9. The maximum Gasteiger partial charge on any atom is 0.387 e. The number of carbonyl (C=O) groups is 1. The highest BCUT2D eigenvalue weighted by molar-refractivity contribution is 5.92. The van der Waals surface area contributed by atoms with Crippen molar-refractivity contribution < 1.29 is 22.8 Å². The maximum absolute atomic E-state index is 12.3. The number of ether oxygens (including phenoxy) is 1. The molecule has 0 unspecified atom stereocenters. The second-order valence-corrected chi connectivity index (χ2v) is 6.10. The van der Waals surface area contributed by atoms with E-state index in [2.05, 4.69) is 20.5 Å². The minimum Gasteiger partial charge on any atom is -0.433 e. The second-order valence-electron chi connectivity index (χ2n) is 6.10. The summed E-state index contributed by atoms with van der Waals surface area (Å²) in [7, 11) is 0. The third-order valence-electron chi connectivity index (χ3n) is 3.08. The number of nitrogens with one attached hydrogen (secondary N) is 2. The summed E-state index contributed by atoms with van der Waals surface area (Å²) < 4.78 is 34.1. The molecule has 0 aliphatic heterocycles. The summed E-state index contributed by atoms with van der Waals surface area (Å²) in [5.74, 6) is -0.211. The topological polar surface area (TPSA) is 76.4 Å². The van der Waals surface area contributed by atoms with Crippen molar-refractivity contribution in [1.82, 2.24) is 5.16 Å². The van der Waals surface area contributed by atoms with Crippen LogP contribution in [0.15, 0.2) is 34.9 Å². The molecule has 0 atom stereocenters. The van der Waals surface area contributed by atoms with Crippen LogP contribution in [0, 0.1) is 0 Å². The molecular formula is C16H19F2N3O3. The van der Waals surface area contributed by atoms with Gasteiger partial charge in [0, 0.05) is 11.5 Å². The van der Waals surface area contributed by atoms with Crippen molar-refractivity contribution in [2.45, 2.75) is 32.8 Å². The molecule has 130 valence electrons. The number of halogens is 2. The van der Waals surface area contributed by atoms with Crippen molar-refractivity contribution in [3.63, 3.8) is 0 Å². The molecule has 0 aliphatic carbocycles. The van der Waals surface area contributed by atoms with Gasteiger partial charge in [-0.05, 0) is 12.1 Å². The summed E-state index contributed by atoms with van der Waals surface area (Å²) in [5.41, 5.74) is 0.804. The molecule has 1 aromatic carbocycles. The highest BCUT2D eigenvalue weighted by atomic mass is 19.3. The molecule has 0 fully saturated rings. The molecule has 2 aromatic rings. The van der Waals surface area contributed by atoms with Gasteiger partial charge in [-0.2, -0.15) is 8.78 Å². The van der Waals surface area contributed by atoms with E-state index in [4.69, 9.17) is 4.52 Å². The first kappa shape index (κ1) is 17.7. The first-order chi connectivity index (χ1) is 11.3. The number of nitrogens with zero attached hydrogens (tertiary/aromatic N) is 1. The highest BCUT2D eigenvalue weighted by Gasteiger charge is 2.19. The number of rotatable bonds is 6. The molecule has 0 bridgehead atoms. The zero-order valence-electron chi connectivity index (χ0n) is 13.6. The number of hydrogen-bond donors (Lipinski definition) is 2. The Labute approximate surface area is 138 Å². The molecule has 8 heteroatoms. The van der Waals surface area contributed by atoms with Gasteiger partial charge in [-0.3, -0.25) is 10.1 Å². The van der Waals surface area contributed by atoms with Crippen molar-refractivity contribution in [2.24, 2.45) is 0 Å². The van der Waals surface area contributed by atoms with Gasteiger partial charge in [-0.1, -0.05) is 38.1 Å². The van der Waals surface area contributed by atoms with Gasteiger partial charge in [0.05, 0.1) is 17.9 Å². The summed E-state index contributed by atoms with van der Waals surface area (Å²) in [6, 6.07) is 7.78. The van der Waals surface area contributed by atoms with E-state index in [0.29, 0.717) is 11.4 Å². The maximum atomic E-state index is 12.3. The molecule has 1 heterocycles. The summed E-state index contributed by atoms with van der Waals surface area (Å²) in [6.07, 6.45) is 0. The number of para-hydroxylation sites is 2. The fourth-order valence-corrected chi connectivity index (χ4v) is 1.86. The van der Waals surface area contributed by atoms with Crippen LogP contribution in [0.4, 0.5) is 20.4 Å². The van der Waals surface area contributed by atoms with Crippen molar-refractivity contribution in [2.75, 3.05) is 17.2 Å². The van der Waals surface area contributed by atoms with E-state index in [1.165, 1.54) is 12.1 Å². The molecular weight excluding hydrogens is 320 g/mol. The molecule has 2 rings (SSSR count). The summed E-state index contributed by atoms with van der Waals surface area (Å²) in [5, 5.41) is 9.18. The van der Waals surface area contributed by atoms with Gasteiger partial charge in [0.2, 0.25) is 11.8 Å². The molecule has 6 nitrogen and oxygen atoms in total. The van der Waals surface area contributed by atoms with Crippen LogP contribution in [0.5, 0.6) is 5.75 Å². The summed E-state index contributed by atoms with van der Waals surface area (Å²) >= 11 is 0. The lowest BCUT2D eigenvalue weighted by molar-refractivity contribution is -0.114. The standard InChI is InChI=1S/C16H19F2N3O3/c1-16(2,3)12-8-14(24-21-12)20-13(22)9-19-10-6-4-5-7-11(10)23-15(17)18/h4-8,15,19H,9H2,1-3H3,(H,20,22). The molecule has 24 heavy (non-hydrogen) atoms. The van der Waals surface area contributed by atoms with Gasteiger partial charge in [0.25, 0.3) is 0 Å². The zero-order valence-corrected chi connectivity index (χ0v) is 13.6.